The highest BCUT2D eigenvalue weighted by Crippen LogP contribution is 2.30. The zero-order valence-electron chi connectivity index (χ0n) is 15.1. The quantitative estimate of drug-likeness (QED) is 0.482. The standard InChI is InChI=1S/C19H17N5OS2/c1-11(2)16-22-19(27-23-16)26-18-21-14-7-5-4-6-13(14)17(25)24(18)15-10-12(3)8-9-20-15/h4-11H,1-3H3. The Morgan fingerprint density at radius 3 is 2.70 bits per heavy atom. The van der Waals surface area contributed by atoms with Crippen molar-refractivity contribution in [3.8, 4) is 5.82 Å². The van der Waals surface area contributed by atoms with Crippen LogP contribution in [-0.2, 0) is 0 Å². The van der Waals surface area contributed by atoms with E-state index < -0.39 is 0 Å². The molecule has 0 fully saturated rings. The van der Waals surface area contributed by atoms with Crippen molar-refractivity contribution in [3.63, 3.8) is 0 Å². The van der Waals surface area contributed by atoms with Crippen LogP contribution in [0.4, 0.5) is 0 Å². The first-order chi connectivity index (χ1) is 13.0. The fourth-order valence-electron chi connectivity index (χ4n) is 2.60. The van der Waals surface area contributed by atoms with E-state index in [0.717, 1.165) is 15.7 Å². The Kier molecular flexibility index (Phi) is 4.75. The molecule has 0 atom stereocenters. The minimum Gasteiger partial charge on any atom is -0.268 e. The lowest BCUT2D eigenvalue weighted by Crippen LogP contribution is -2.22. The molecule has 0 aliphatic rings. The maximum atomic E-state index is 13.2. The SMILES string of the molecule is Cc1ccnc(-n2c(Sc3nc(C(C)C)ns3)nc3ccccc3c2=O)c1. The summed E-state index contributed by atoms with van der Waals surface area (Å²) in [6, 6.07) is 11.1. The molecule has 0 bridgehead atoms. The Labute approximate surface area is 164 Å². The number of pyridine rings is 1. The van der Waals surface area contributed by atoms with Crippen LogP contribution in [0.2, 0.25) is 0 Å². The first-order valence-electron chi connectivity index (χ1n) is 8.49. The van der Waals surface area contributed by atoms with E-state index in [1.165, 1.54) is 23.3 Å². The van der Waals surface area contributed by atoms with Gasteiger partial charge >= 0.3 is 0 Å². The van der Waals surface area contributed by atoms with E-state index in [1.807, 2.05) is 37.3 Å². The topological polar surface area (TPSA) is 73.6 Å². The molecule has 0 N–H and O–H groups in total. The Morgan fingerprint density at radius 1 is 1.15 bits per heavy atom. The number of aromatic nitrogens is 5. The van der Waals surface area contributed by atoms with Crippen LogP contribution in [0.25, 0.3) is 16.7 Å². The van der Waals surface area contributed by atoms with Gasteiger partial charge in [0, 0.05) is 12.1 Å². The highest BCUT2D eigenvalue weighted by molar-refractivity contribution is 8.00. The number of hydrogen-bond acceptors (Lipinski definition) is 7. The largest absolute Gasteiger partial charge is 0.268 e. The lowest BCUT2D eigenvalue weighted by molar-refractivity contribution is 0.782. The molecule has 0 aliphatic carbocycles. The Balaban J connectivity index is 1.91. The maximum absolute atomic E-state index is 13.2. The third kappa shape index (κ3) is 3.50. The first-order valence-corrected chi connectivity index (χ1v) is 10.1. The number of aryl methyl sites for hydroxylation is 1. The minimum atomic E-state index is -0.144. The van der Waals surface area contributed by atoms with Crippen molar-refractivity contribution in [2.75, 3.05) is 0 Å². The lowest BCUT2D eigenvalue weighted by atomic mass is 10.2. The van der Waals surface area contributed by atoms with Crippen molar-refractivity contribution in [1.82, 2.24) is 23.9 Å². The van der Waals surface area contributed by atoms with Gasteiger partial charge in [-0.25, -0.2) is 19.5 Å². The van der Waals surface area contributed by atoms with Gasteiger partial charge in [0.2, 0.25) is 0 Å². The molecule has 0 aliphatic heterocycles. The molecular formula is C19H17N5OS2. The number of hydrogen-bond donors (Lipinski definition) is 0. The predicted octanol–water partition coefficient (Wildman–Crippen LogP) is 4.22. The van der Waals surface area contributed by atoms with Gasteiger partial charge in [-0.2, -0.15) is 4.37 Å². The third-order valence-electron chi connectivity index (χ3n) is 3.99. The van der Waals surface area contributed by atoms with Crippen molar-refractivity contribution < 1.29 is 0 Å². The first kappa shape index (κ1) is 17.8. The molecule has 3 heterocycles. The predicted molar refractivity (Wildman–Crippen MR) is 108 cm³/mol. The van der Waals surface area contributed by atoms with E-state index in [4.69, 9.17) is 4.98 Å². The molecule has 3 aromatic heterocycles. The average Bonchev–Trinajstić information content (AvgIpc) is 3.11. The van der Waals surface area contributed by atoms with Crippen molar-refractivity contribution in [1.29, 1.82) is 0 Å². The molecule has 8 heteroatoms. The van der Waals surface area contributed by atoms with Gasteiger partial charge in [-0.15, -0.1) is 0 Å². The van der Waals surface area contributed by atoms with Gasteiger partial charge in [-0.05, 0) is 60.0 Å². The van der Waals surface area contributed by atoms with E-state index in [9.17, 15) is 4.79 Å². The Bertz CT molecular complexity index is 1180. The Hall–Kier alpha value is -2.58. The number of benzene rings is 1. The molecular weight excluding hydrogens is 378 g/mol. The molecule has 0 radical (unpaired) electrons. The van der Waals surface area contributed by atoms with Crippen LogP contribution < -0.4 is 5.56 Å². The molecule has 6 nitrogen and oxygen atoms in total. The summed E-state index contributed by atoms with van der Waals surface area (Å²) >= 11 is 2.66. The Morgan fingerprint density at radius 2 is 1.96 bits per heavy atom. The average molecular weight is 396 g/mol. The van der Waals surface area contributed by atoms with Crippen molar-refractivity contribution >= 4 is 34.2 Å². The number of rotatable bonds is 4. The summed E-state index contributed by atoms with van der Waals surface area (Å²) in [4.78, 5) is 26.9. The molecule has 4 rings (SSSR count). The molecule has 0 unspecified atom stereocenters. The van der Waals surface area contributed by atoms with Crippen LogP contribution in [0.3, 0.4) is 0 Å². The van der Waals surface area contributed by atoms with Crippen LogP contribution in [-0.4, -0.2) is 23.9 Å². The van der Waals surface area contributed by atoms with Gasteiger partial charge in [-0.3, -0.25) is 4.79 Å². The summed E-state index contributed by atoms with van der Waals surface area (Å²) in [6.07, 6.45) is 1.70. The van der Waals surface area contributed by atoms with Crippen molar-refractivity contribution in [3.05, 3.63) is 64.3 Å². The molecule has 136 valence electrons. The van der Waals surface area contributed by atoms with Crippen LogP contribution in [0.15, 0.2) is 56.9 Å². The molecule has 0 amide bonds. The summed E-state index contributed by atoms with van der Waals surface area (Å²) in [7, 11) is 0. The van der Waals surface area contributed by atoms with Crippen LogP contribution in [0.5, 0.6) is 0 Å². The van der Waals surface area contributed by atoms with E-state index >= 15 is 0 Å². The smallest absolute Gasteiger partial charge is 0.267 e. The van der Waals surface area contributed by atoms with Gasteiger partial charge in [0.25, 0.3) is 5.56 Å². The summed E-state index contributed by atoms with van der Waals surface area (Å²) in [5.74, 6) is 1.60. The van der Waals surface area contributed by atoms with Crippen LogP contribution in [0.1, 0.15) is 31.2 Å². The highest BCUT2D eigenvalue weighted by atomic mass is 32.2. The van der Waals surface area contributed by atoms with Gasteiger partial charge in [0.1, 0.15) is 11.6 Å². The normalized spacial score (nSPS) is 11.4. The summed E-state index contributed by atoms with van der Waals surface area (Å²) < 4.78 is 6.70. The van der Waals surface area contributed by atoms with Gasteiger partial charge in [0.05, 0.1) is 10.9 Å². The van der Waals surface area contributed by atoms with Crippen LogP contribution >= 0.6 is 23.3 Å². The monoisotopic (exact) mass is 395 g/mol. The maximum Gasteiger partial charge on any atom is 0.267 e. The fraction of sp³-hybridized carbons (Fsp3) is 0.211. The third-order valence-corrected chi connectivity index (χ3v) is 5.71. The molecule has 0 saturated carbocycles. The van der Waals surface area contributed by atoms with Crippen molar-refractivity contribution in [2.24, 2.45) is 0 Å². The van der Waals surface area contributed by atoms with Crippen LogP contribution in [0, 0.1) is 6.92 Å². The van der Waals surface area contributed by atoms with Gasteiger partial charge in [0.15, 0.2) is 9.50 Å². The molecule has 4 aromatic rings. The van der Waals surface area contributed by atoms with Gasteiger partial charge < -0.3 is 0 Å². The van der Waals surface area contributed by atoms with E-state index in [1.54, 1.807) is 16.8 Å². The van der Waals surface area contributed by atoms with E-state index in [2.05, 4.69) is 28.2 Å². The summed E-state index contributed by atoms with van der Waals surface area (Å²) in [5, 5.41) is 1.09. The zero-order chi connectivity index (χ0) is 19.0. The molecule has 0 spiro atoms. The van der Waals surface area contributed by atoms with E-state index in [-0.39, 0.29) is 11.5 Å². The fourth-order valence-corrected chi connectivity index (χ4v) is 4.35. The zero-order valence-corrected chi connectivity index (χ0v) is 16.7. The molecule has 0 saturated heterocycles. The lowest BCUT2D eigenvalue weighted by Gasteiger charge is -2.11. The second-order valence-electron chi connectivity index (χ2n) is 6.42. The summed E-state index contributed by atoms with van der Waals surface area (Å²) in [5.41, 5.74) is 1.53. The summed E-state index contributed by atoms with van der Waals surface area (Å²) in [6.45, 7) is 6.08. The number of fused-ring (bicyclic) bond motifs is 1. The second-order valence-corrected chi connectivity index (χ2v) is 8.38. The number of para-hydroxylation sites is 1. The van der Waals surface area contributed by atoms with E-state index in [0.29, 0.717) is 21.9 Å². The number of nitrogens with zero attached hydrogens (tertiary/aromatic N) is 5. The second kappa shape index (κ2) is 7.21. The highest BCUT2D eigenvalue weighted by Gasteiger charge is 2.17. The minimum absolute atomic E-state index is 0.144. The molecule has 27 heavy (non-hydrogen) atoms. The van der Waals surface area contributed by atoms with Gasteiger partial charge in [-0.1, -0.05) is 26.0 Å². The molecule has 1 aromatic carbocycles. The van der Waals surface area contributed by atoms with Crippen molar-refractivity contribution in [2.45, 2.75) is 36.2 Å².